The van der Waals surface area contributed by atoms with Crippen LogP contribution in [-0.2, 0) is 0 Å². The molecule has 0 aliphatic heterocycles. The Morgan fingerprint density at radius 2 is 1.00 bits per heavy atom. The Balaban J connectivity index is 2.41. The second-order valence-corrected chi connectivity index (χ2v) is 15.6. The van der Waals surface area contributed by atoms with E-state index in [1.54, 1.807) is 12.1 Å². The second kappa shape index (κ2) is 11.1. The molecule has 0 bridgehead atoms. The van der Waals surface area contributed by atoms with Crippen LogP contribution in [0.2, 0.25) is 0 Å². The lowest BCUT2D eigenvalue weighted by Gasteiger charge is -2.28. The number of fused-ring (bicyclic) bond motifs is 1. The summed E-state index contributed by atoms with van der Waals surface area (Å²) in [6.45, 7) is 29.2. The lowest BCUT2D eigenvalue weighted by atomic mass is 10.1. The van der Waals surface area contributed by atoms with Crippen molar-refractivity contribution in [2.24, 2.45) is 0 Å². The van der Waals surface area contributed by atoms with Crippen molar-refractivity contribution < 1.29 is 28.1 Å². The van der Waals surface area contributed by atoms with Gasteiger partial charge in [-0.2, -0.15) is 0 Å². The molecule has 2 aromatic carbocycles. The molecule has 3 aromatic rings. The predicted molar refractivity (Wildman–Crippen MR) is 170 cm³/mol. The molecule has 0 amide bonds. The van der Waals surface area contributed by atoms with Gasteiger partial charge in [0, 0.05) is 17.7 Å². The average molecular weight is 583 g/mol. The maximum absolute atomic E-state index is 14.3. The summed E-state index contributed by atoms with van der Waals surface area (Å²) < 4.78 is 37.9. The molecule has 0 saturated heterocycles. The highest BCUT2D eigenvalue weighted by molar-refractivity contribution is 5.89. The molecule has 0 fully saturated rings. The maximum Gasteiger partial charge on any atom is 0.239 e. The van der Waals surface area contributed by atoms with Gasteiger partial charge in [0.1, 0.15) is 50.5 Å². The van der Waals surface area contributed by atoms with Crippen LogP contribution in [0, 0.1) is 0 Å². The van der Waals surface area contributed by atoms with Crippen LogP contribution in [0.1, 0.15) is 104 Å². The van der Waals surface area contributed by atoms with E-state index in [4.69, 9.17) is 28.1 Å². The van der Waals surface area contributed by atoms with Crippen molar-refractivity contribution in [3.8, 4) is 40.1 Å². The predicted octanol–water partition coefficient (Wildman–Crippen LogP) is 9.35. The minimum absolute atomic E-state index is 0.0875. The van der Waals surface area contributed by atoms with E-state index in [2.05, 4.69) is 0 Å². The van der Waals surface area contributed by atoms with Crippen molar-refractivity contribution in [1.29, 1.82) is 0 Å². The molecule has 42 heavy (non-hydrogen) atoms. The first kappa shape index (κ1) is 33.2. The van der Waals surface area contributed by atoms with E-state index < -0.39 is 28.0 Å². The van der Waals surface area contributed by atoms with Crippen molar-refractivity contribution in [2.75, 3.05) is 0 Å². The molecule has 7 heteroatoms. The molecule has 0 spiro atoms. The SMILES string of the molecule is CC(C)(C)Oc1cc(OC(C)(C)C)c2c(=O)c(OC(C)(C)C)c(-c3ccc(OC(C)(C)C)c(OC(C)(C)C)c3)oc2c1. The van der Waals surface area contributed by atoms with Crippen LogP contribution in [0.3, 0.4) is 0 Å². The van der Waals surface area contributed by atoms with Gasteiger partial charge < -0.3 is 28.1 Å². The summed E-state index contributed by atoms with van der Waals surface area (Å²) >= 11 is 0. The van der Waals surface area contributed by atoms with Gasteiger partial charge in [-0.05, 0) is 122 Å². The van der Waals surface area contributed by atoms with Crippen molar-refractivity contribution >= 4 is 11.0 Å². The maximum atomic E-state index is 14.3. The second-order valence-electron chi connectivity index (χ2n) is 15.6. The Morgan fingerprint density at radius 3 is 1.50 bits per heavy atom. The van der Waals surface area contributed by atoms with E-state index in [1.165, 1.54) is 0 Å². The number of benzene rings is 2. The number of hydrogen-bond donors (Lipinski definition) is 0. The summed E-state index contributed by atoms with van der Waals surface area (Å²) in [6, 6.07) is 8.97. The van der Waals surface area contributed by atoms with E-state index in [0.29, 0.717) is 34.1 Å². The molecule has 0 N–H and O–H groups in total. The Morgan fingerprint density at radius 1 is 0.524 bits per heavy atom. The Bertz CT molecular complexity index is 1480. The Hall–Kier alpha value is -3.35. The Kier molecular flexibility index (Phi) is 8.72. The van der Waals surface area contributed by atoms with E-state index in [9.17, 15) is 4.79 Å². The molecule has 1 heterocycles. The summed E-state index contributed by atoms with van der Waals surface area (Å²) in [4.78, 5) is 14.3. The number of rotatable bonds is 6. The van der Waals surface area contributed by atoms with Crippen molar-refractivity contribution in [3.63, 3.8) is 0 Å². The average Bonchev–Trinajstić information content (AvgIpc) is 2.71. The van der Waals surface area contributed by atoms with Crippen LogP contribution in [0.25, 0.3) is 22.3 Å². The summed E-state index contributed by atoms with van der Waals surface area (Å²) in [5.74, 6) is 2.37. The summed E-state index contributed by atoms with van der Waals surface area (Å²) in [5.41, 5.74) is -2.09. The molecular weight excluding hydrogens is 532 g/mol. The van der Waals surface area contributed by atoms with Crippen LogP contribution >= 0.6 is 0 Å². The highest BCUT2D eigenvalue weighted by Gasteiger charge is 2.29. The molecule has 7 nitrogen and oxygen atoms in total. The zero-order valence-corrected chi connectivity index (χ0v) is 28.2. The van der Waals surface area contributed by atoms with Gasteiger partial charge in [0.2, 0.25) is 11.2 Å². The van der Waals surface area contributed by atoms with E-state index >= 15 is 0 Å². The van der Waals surface area contributed by atoms with Crippen molar-refractivity contribution in [2.45, 2.75) is 132 Å². The quantitative estimate of drug-likeness (QED) is 0.287. The lowest BCUT2D eigenvalue weighted by Crippen LogP contribution is -2.28. The fourth-order valence-corrected chi connectivity index (χ4v) is 4.13. The molecule has 0 saturated carbocycles. The molecule has 232 valence electrons. The highest BCUT2D eigenvalue weighted by Crippen LogP contribution is 2.42. The third-order valence-electron chi connectivity index (χ3n) is 5.18. The van der Waals surface area contributed by atoms with Gasteiger partial charge in [-0.1, -0.05) is 0 Å². The fourth-order valence-electron chi connectivity index (χ4n) is 4.13. The lowest BCUT2D eigenvalue weighted by molar-refractivity contribution is 0.0958. The van der Waals surface area contributed by atoms with Crippen LogP contribution in [0.15, 0.2) is 39.5 Å². The Labute approximate surface area is 251 Å². The third kappa shape index (κ3) is 9.33. The molecule has 0 unspecified atom stereocenters. The molecule has 0 atom stereocenters. The zero-order valence-electron chi connectivity index (χ0n) is 28.2. The first-order chi connectivity index (χ1) is 18.8. The van der Waals surface area contributed by atoms with Crippen molar-refractivity contribution in [1.82, 2.24) is 0 Å². The highest BCUT2D eigenvalue weighted by atomic mass is 16.5. The minimum atomic E-state index is -0.683. The third-order valence-corrected chi connectivity index (χ3v) is 5.18. The summed E-state index contributed by atoms with van der Waals surface area (Å²) in [7, 11) is 0. The van der Waals surface area contributed by atoms with Gasteiger partial charge in [-0.25, -0.2) is 0 Å². The largest absolute Gasteiger partial charge is 0.488 e. The normalized spacial score (nSPS) is 13.2. The van der Waals surface area contributed by atoms with Gasteiger partial charge in [0.15, 0.2) is 17.3 Å². The monoisotopic (exact) mass is 582 g/mol. The minimum Gasteiger partial charge on any atom is -0.488 e. The molecular formula is C35H50O7. The molecule has 0 aliphatic rings. The van der Waals surface area contributed by atoms with Crippen LogP contribution in [-0.4, -0.2) is 28.0 Å². The van der Waals surface area contributed by atoms with Gasteiger partial charge in [-0.3, -0.25) is 4.79 Å². The molecule has 0 radical (unpaired) electrons. The van der Waals surface area contributed by atoms with Crippen LogP contribution in [0.4, 0.5) is 0 Å². The molecule has 1 aromatic heterocycles. The number of ether oxygens (including phenoxy) is 5. The summed E-state index contributed by atoms with van der Waals surface area (Å²) in [6.07, 6.45) is 0. The number of hydrogen-bond acceptors (Lipinski definition) is 7. The van der Waals surface area contributed by atoms with Gasteiger partial charge in [-0.15, -0.1) is 0 Å². The fraction of sp³-hybridized carbons (Fsp3) is 0.571. The molecule has 3 rings (SSSR count). The van der Waals surface area contributed by atoms with Gasteiger partial charge in [0.05, 0.1) is 0 Å². The van der Waals surface area contributed by atoms with E-state index in [1.807, 2.05) is 122 Å². The zero-order chi connectivity index (χ0) is 32.1. The van der Waals surface area contributed by atoms with Gasteiger partial charge >= 0.3 is 0 Å². The van der Waals surface area contributed by atoms with Crippen LogP contribution < -0.4 is 29.1 Å². The standard InChI is InChI=1S/C35H50O7/c1-31(2,3)38-22-19-25-27(26(20-22)41-34(10,11)12)28(36)30(42-35(13,14)15)29(37-25)21-16-17-23(39-32(4,5)6)24(18-21)40-33(7,8)9/h16-20H,1-15H3. The van der Waals surface area contributed by atoms with Crippen LogP contribution in [0.5, 0.6) is 28.7 Å². The van der Waals surface area contributed by atoms with Gasteiger partial charge in [0.25, 0.3) is 0 Å². The van der Waals surface area contributed by atoms with Crippen molar-refractivity contribution in [3.05, 3.63) is 40.6 Å². The first-order valence-electron chi connectivity index (χ1n) is 14.5. The first-order valence-corrected chi connectivity index (χ1v) is 14.5. The molecule has 0 aliphatic carbocycles. The summed E-state index contributed by atoms with van der Waals surface area (Å²) in [5, 5.41) is 0.285. The smallest absolute Gasteiger partial charge is 0.239 e. The van der Waals surface area contributed by atoms with E-state index in [-0.39, 0.29) is 22.3 Å². The topological polar surface area (TPSA) is 76.4 Å². The van der Waals surface area contributed by atoms with E-state index in [0.717, 1.165) is 0 Å².